The lowest BCUT2D eigenvalue weighted by Crippen LogP contribution is -1.87. The minimum atomic E-state index is 0.906. The van der Waals surface area contributed by atoms with Crippen LogP contribution in [-0.4, -0.2) is 0 Å². The van der Waals surface area contributed by atoms with Gasteiger partial charge in [0.05, 0.1) is 0 Å². The Kier molecular flexibility index (Phi) is 1.73. The van der Waals surface area contributed by atoms with Crippen LogP contribution in [0.3, 0.4) is 0 Å². The van der Waals surface area contributed by atoms with Gasteiger partial charge in [0.15, 0.2) is 0 Å². The first-order chi connectivity index (χ1) is 5.68. The van der Waals surface area contributed by atoms with Crippen LogP contribution in [-0.2, 0) is 6.42 Å². The number of allylic oxidation sites excluding steroid dienone is 1. The predicted molar refractivity (Wildman–Crippen MR) is 53.5 cm³/mol. The summed E-state index contributed by atoms with van der Waals surface area (Å²) in [4.78, 5) is 0. The lowest BCUT2D eigenvalue weighted by molar-refractivity contribution is 1.19. The Balaban J connectivity index is 2.66. The quantitative estimate of drug-likeness (QED) is 0.570. The second-order valence-corrected chi connectivity index (χ2v) is 3.83. The van der Waals surface area contributed by atoms with Crippen molar-refractivity contribution in [2.24, 2.45) is 0 Å². The Bertz CT molecular complexity index is 362. The summed E-state index contributed by atoms with van der Waals surface area (Å²) in [5.41, 5.74) is 5.36. The van der Waals surface area contributed by atoms with Crippen molar-refractivity contribution < 1.29 is 0 Å². The number of aryl methyl sites for hydroxylation is 1. The molecule has 62 valence electrons. The van der Waals surface area contributed by atoms with E-state index in [0.717, 1.165) is 11.4 Å². The molecule has 1 aliphatic carbocycles. The molecule has 0 aliphatic heterocycles. The molecule has 0 fully saturated rings. The minimum absolute atomic E-state index is 0.906. The van der Waals surface area contributed by atoms with E-state index in [2.05, 4.69) is 26.0 Å². The fourth-order valence-corrected chi connectivity index (χ4v) is 1.94. The van der Waals surface area contributed by atoms with Crippen molar-refractivity contribution in [2.75, 3.05) is 0 Å². The zero-order chi connectivity index (χ0) is 8.72. The fourth-order valence-electron chi connectivity index (χ4n) is 1.71. The maximum atomic E-state index is 6.07. The van der Waals surface area contributed by atoms with Crippen LogP contribution in [0.5, 0.6) is 0 Å². The zero-order valence-corrected chi connectivity index (χ0v) is 8.07. The molecule has 0 heterocycles. The van der Waals surface area contributed by atoms with Gasteiger partial charge in [0.2, 0.25) is 0 Å². The van der Waals surface area contributed by atoms with Crippen LogP contribution in [0.4, 0.5) is 0 Å². The van der Waals surface area contributed by atoms with E-state index in [1.165, 1.54) is 22.3 Å². The number of hydrogen-bond acceptors (Lipinski definition) is 0. The van der Waals surface area contributed by atoms with Gasteiger partial charge in [-0.3, -0.25) is 0 Å². The number of hydrogen-bond donors (Lipinski definition) is 0. The lowest BCUT2D eigenvalue weighted by Gasteiger charge is -2.04. The van der Waals surface area contributed by atoms with Crippen LogP contribution in [0.2, 0.25) is 5.02 Å². The first-order valence-corrected chi connectivity index (χ1v) is 4.51. The molecule has 0 amide bonds. The van der Waals surface area contributed by atoms with E-state index < -0.39 is 0 Å². The molecule has 0 saturated carbocycles. The first kappa shape index (κ1) is 7.88. The van der Waals surface area contributed by atoms with Gasteiger partial charge in [-0.2, -0.15) is 0 Å². The highest BCUT2D eigenvalue weighted by Crippen LogP contribution is 2.32. The third-order valence-corrected chi connectivity index (χ3v) is 2.72. The Morgan fingerprint density at radius 3 is 2.67 bits per heavy atom. The van der Waals surface area contributed by atoms with Crippen LogP contribution in [0, 0.1) is 6.92 Å². The van der Waals surface area contributed by atoms with E-state index in [1.54, 1.807) is 0 Å². The Morgan fingerprint density at radius 1 is 1.25 bits per heavy atom. The highest BCUT2D eigenvalue weighted by Gasteiger charge is 2.14. The smallest absolute Gasteiger partial charge is 0.0447 e. The normalized spacial score (nSPS) is 14.4. The maximum Gasteiger partial charge on any atom is 0.0447 e. The van der Waals surface area contributed by atoms with Gasteiger partial charge in [0.1, 0.15) is 0 Å². The van der Waals surface area contributed by atoms with Crippen molar-refractivity contribution >= 4 is 17.7 Å². The number of fused-ring (bicyclic) bond motifs is 1. The van der Waals surface area contributed by atoms with E-state index >= 15 is 0 Å². The predicted octanol–water partition coefficient (Wildman–Crippen LogP) is 3.61. The first-order valence-electron chi connectivity index (χ1n) is 4.13. The van der Waals surface area contributed by atoms with Crippen LogP contribution in [0.1, 0.15) is 23.6 Å². The van der Waals surface area contributed by atoms with Gasteiger partial charge in [0, 0.05) is 5.02 Å². The molecule has 1 aromatic rings. The van der Waals surface area contributed by atoms with Gasteiger partial charge in [-0.15, -0.1) is 0 Å². The van der Waals surface area contributed by atoms with Crippen LogP contribution >= 0.6 is 11.6 Å². The molecule has 0 nitrogen and oxygen atoms in total. The van der Waals surface area contributed by atoms with E-state index in [0.29, 0.717) is 0 Å². The summed E-state index contributed by atoms with van der Waals surface area (Å²) < 4.78 is 0. The third kappa shape index (κ3) is 1.07. The Labute approximate surface area is 77.9 Å². The molecule has 2 rings (SSSR count). The zero-order valence-electron chi connectivity index (χ0n) is 7.32. The summed E-state index contributed by atoms with van der Waals surface area (Å²) in [5, 5.41) is 0.906. The van der Waals surface area contributed by atoms with Crippen molar-refractivity contribution in [1.82, 2.24) is 0 Å². The van der Waals surface area contributed by atoms with Gasteiger partial charge in [-0.25, -0.2) is 0 Å². The Morgan fingerprint density at radius 2 is 2.00 bits per heavy atom. The van der Waals surface area contributed by atoms with Gasteiger partial charge in [-0.1, -0.05) is 29.3 Å². The molecular formula is C11H11Cl. The van der Waals surface area contributed by atoms with Gasteiger partial charge in [-0.05, 0) is 43.0 Å². The van der Waals surface area contributed by atoms with Crippen LogP contribution < -0.4 is 0 Å². The molecule has 1 aromatic carbocycles. The van der Waals surface area contributed by atoms with Gasteiger partial charge in [0.25, 0.3) is 0 Å². The van der Waals surface area contributed by atoms with E-state index in [9.17, 15) is 0 Å². The molecule has 12 heavy (non-hydrogen) atoms. The van der Waals surface area contributed by atoms with E-state index in [4.69, 9.17) is 11.6 Å². The molecule has 1 aliphatic rings. The van der Waals surface area contributed by atoms with E-state index in [-0.39, 0.29) is 0 Å². The SMILES string of the molecule is CC1=Cc2c(C)ccc(Cl)c2C1. The average molecular weight is 179 g/mol. The molecule has 0 atom stereocenters. The van der Waals surface area contributed by atoms with Crippen molar-refractivity contribution in [3.63, 3.8) is 0 Å². The average Bonchev–Trinajstić information content (AvgIpc) is 2.41. The molecular weight excluding hydrogens is 168 g/mol. The monoisotopic (exact) mass is 178 g/mol. The molecule has 0 radical (unpaired) electrons. The lowest BCUT2D eigenvalue weighted by atomic mass is 10.0. The number of rotatable bonds is 0. The molecule has 0 saturated heterocycles. The summed E-state index contributed by atoms with van der Waals surface area (Å²) in [7, 11) is 0. The van der Waals surface area contributed by atoms with Crippen molar-refractivity contribution in [2.45, 2.75) is 20.3 Å². The molecule has 0 bridgehead atoms. The van der Waals surface area contributed by atoms with Crippen LogP contribution in [0.25, 0.3) is 6.08 Å². The topological polar surface area (TPSA) is 0 Å². The number of halogens is 1. The standard InChI is InChI=1S/C11H11Cl/c1-7-5-9-8(2)3-4-11(12)10(9)6-7/h3-5H,6H2,1-2H3. The fraction of sp³-hybridized carbons (Fsp3) is 0.273. The van der Waals surface area contributed by atoms with Crippen molar-refractivity contribution in [3.8, 4) is 0 Å². The highest BCUT2D eigenvalue weighted by molar-refractivity contribution is 6.31. The summed E-state index contributed by atoms with van der Waals surface area (Å²) in [6.07, 6.45) is 3.26. The van der Waals surface area contributed by atoms with E-state index in [1.807, 2.05) is 6.07 Å². The second-order valence-electron chi connectivity index (χ2n) is 3.42. The largest absolute Gasteiger partial charge is 0.0840 e. The van der Waals surface area contributed by atoms with Crippen LogP contribution in [0.15, 0.2) is 17.7 Å². The van der Waals surface area contributed by atoms with Crippen molar-refractivity contribution in [1.29, 1.82) is 0 Å². The Hall–Kier alpha value is -0.750. The number of benzene rings is 1. The van der Waals surface area contributed by atoms with Gasteiger partial charge < -0.3 is 0 Å². The highest BCUT2D eigenvalue weighted by atomic mass is 35.5. The summed E-state index contributed by atoms with van der Waals surface area (Å²) in [5.74, 6) is 0. The molecule has 0 aromatic heterocycles. The third-order valence-electron chi connectivity index (χ3n) is 2.36. The molecule has 0 spiro atoms. The van der Waals surface area contributed by atoms with Crippen molar-refractivity contribution in [3.05, 3.63) is 39.4 Å². The summed E-state index contributed by atoms with van der Waals surface area (Å²) in [6.45, 7) is 4.28. The molecule has 0 unspecified atom stereocenters. The summed E-state index contributed by atoms with van der Waals surface area (Å²) >= 11 is 6.07. The molecule has 0 N–H and O–H groups in total. The molecule has 1 heteroatoms. The second kappa shape index (κ2) is 2.63. The van der Waals surface area contributed by atoms with Gasteiger partial charge >= 0.3 is 0 Å². The summed E-state index contributed by atoms with van der Waals surface area (Å²) in [6, 6.07) is 4.07. The maximum absolute atomic E-state index is 6.07. The minimum Gasteiger partial charge on any atom is -0.0840 e.